The summed E-state index contributed by atoms with van der Waals surface area (Å²) in [5.74, 6) is -0.145. The van der Waals surface area contributed by atoms with E-state index in [2.05, 4.69) is 5.27 Å². The quantitative estimate of drug-likeness (QED) is 0.744. The zero-order valence-electron chi connectivity index (χ0n) is 13.5. The van der Waals surface area contributed by atoms with E-state index in [1.165, 1.54) is 4.90 Å². The Morgan fingerprint density at radius 3 is 2.50 bits per heavy atom. The van der Waals surface area contributed by atoms with E-state index < -0.39 is 5.63 Å². The van der Waals surface area contributed by atoms with Gasteiger partial charge in [0.2, 0.25) is 5.69 Å². The third kappa shape index (κ3) is 2.99. The molecular weight excluding hydrogens is 306 g/mol. The van der Waals surface area contributed by atoms with Gasteiger partial charge >= 0.3 is 11.3 Å². The third-order valence-electron chi connectivity index (χ3n) is 3.86. The maximum Gasteiger partial charge on any atom is 0.432 e. The van der Waals surface area contributed by atoms with Gasteiger partial charge in [0.1, 0.15) is 6.54 Å². The summed E-state index contributed by atoms with van der Waals surface area (Å²) < 4.78 is 6.45. The van der Waals surface area contributed by atoms with Crippen LogP contribution in [0.15, 0.2) is 63.9 Å². The Hall–Kier alpha value is -3.15. The molecule has 0 aliphatic heterocycles. The molecule has 0 bridgehead atoms. The van der Waals surface area contributed by atoms with Crippen LogP contribution in [0.25, 0.3) is 5.69 Å². The van der Waals surface area contributed by atoms with Gasteiger partial charge < -0.3 is 4.90 Å². The Morgan fingerprint density at radius 1 is 1.12 bits per heavy atom. The van der Waals surface area contributed by atoms with E-state index in [0.717, 1.165) is 11.3 Å². The first-order valence-electron chi connectivity index (χ1n) is 7.57. The minimum atomic E-state index is -0.497. The molecule has 1 N–H and O–H groups in total. The molecule has 3 rings (SSSR count). The molecule has 6 heteroatoms. The Morgan fingerprint density at radius 2 is 1.79 bits per heavy atom. The smallest absolute Gasteiger partial charge is 0.331 e. The SMILES string of the molecule is Cc1ccccc1C(=O)N(C)Cc1c(=O)o[nH][n+]1-c1ccccc1. The van der Waals surface area contributed by atoms with Gasteiger partial charge in [0.25, 0.3) is 5.91 Å². The summed E-state index contributed by atoms with van der Waals surface area (Å²) in [5.41, 5.74) is 2.13. The van der Waals surface area contributed by atoms with Gasteiger partial charge in [-0.25, -0.2) is 4.79 Å². The predicted octanol–water partition coefficient (Wildman–Crippen LogP) is 1.83. The number of hydrogen-bond donors (Lipinski definition) is 1. The largest absolute Gasteiger partial charge is 0.432 e. The fraction of sp³-hybridized carbons (Fsp3) is 0.167. The predicted molar refractivity (Wildman–Crippen MR) is 87.8 cm³/mol. The van der Waals surface area contributed by atoms with Crippen molar-refractivity contribution in [3.05, 3.63) is 81.8 Å². The molecule has 0 aliphatic rings. The molecule has 3 aromatic rings. The lowest BCUT2D eigenvalue weighted by Crippen LogP contribution is -2.42. The normalized spacial score (nSPS) is 10.6. The highest BCUT2D eigenvalue weighted by Gasteiger charge is 2.26. The summed E-state index contributed by atoms with van der Waals surface area (Å²) in [7, 11) is 1.66. The summed E-state index contributed by atoms with van der Waals surface area (Å²) in [6, 6.07) is 16.7. The highest BCUT2D eigenvalue weighted by Crippen LogP contribution is 2.11. The van der Waals surface area contributed by atoms with Crippen LogP contribution in [0.2, 0.25) is 0 Å². The zero-order valence-corrected chi connectivity index (χ0v) is 13.5. The number of hydrogen-bond acceptors (Lipinski definition) is 3. The standard InChI is InChI=1S/C18H17N3O3/c1-13-8-6-7-11-15(13)17(22)20(2)12-16-18(23)24-19-21(16)14-9-4-3-5-10-14/h3-11H,12H2,1-2H3/p+1. The van der Waals surface area contributed by atoms with Gasteiger partial charge in [0.05, 0.1) is 0 Å². The van der Waals surface area contributed by atoms with Crippen molar-refractivity contribution in [1.29, 1.82) is 0 Å². The number of carbonyl (C=O) groups excluding carboxylic acids is 1. The number of rotatable bonds is 4. The number of aryl methyl sites for hydroxylation is 1. The molecule has 6 nitrogen and oxygen atoms in total. The number of nitrogens with zero attached hydrogens (tertiary/aromatic N) is 2. The first kappa shape index (κ1) is 15.7. The number of carbonyl (C=O) groups is 1. The maximum absolute atomic E-state index is 12.6. The van der Waals surface area contributed by atoms with Gasteiger partial charge in [-0.15, -0.1) is 0 Å². The highest BCUT2D eigenvalue weighted by molar-refractivity contribution is 5.95. The Labute approximate surface area is 138 Å². The molecular formula is C18H18N3O3+. The lowest BCUT2D eigenvalue weighted by Gasteiger charge is -2.15. The van der Waals surface area contributed by atoms with E-state index >= 15 is 0 Å². The van der Waals surface area contributed by atoms with Crippen molar-refractivity contribution in [1.82, 2.24) is 10.2 Å². The van der Waals surface area contributed by atoms with E-state index in [1.807, 2.05) is 55.5 Å². The van der Waals surface area contributed by atoms with Crippen molar-refractivity contribution in [2.24, 2.45) is 0 Å². The Balaban J connectivity index is 1.89. The third-order valence-corrected chi connectivity index (χ3v) is 3.86. The number of aromatic nitrogens is 2. The molecule has 24 heavy (non-hydrogen) atoms. The Bertz CT molecular complexity index is 913. The summed E-state index contributed by atoms with van der Waals surface area (Å²) in [5, 5.41) is 2.58. The molecule has 0 atom stereocenters. The van der Waals surface area contributed by atoms with Crippen LogP contribution >= 0.6 is 0 Å². The second-order valence-electron chi connectivity index (χ2n) is 5.57. The van der Waals surface area contributed by atoms with Gasteiger partial charge in [-0.05, 0) is 28.5 Å². The van der Waals surface area contributed by atoms with Crippen molar-refractivity contribution >= 4 is 5.91 Å². The molecule has 0 spiro atoms. The van der Waals surface area contributed by atoms with E-state index in [-0.39, 0.29) is 12.5 Å². The van der Waals surface area contributed by atoms with Gasteiger partial charge in [0, 0.05) is 24.7 Å². The second kappa shape index (κ2) is 6.54. The molecule has 1 amide bonds. The van der Waals surface area contributed by atoms with Crippen LogP contribution in [0.4, 0.5) is 0 Å². The number of nitrogens with one attached hydrogen (secondary N) is 1. The van der Waals surface area contributed by atoms with Crippen LogP contribution in [0, 0.1) is 6.92 Å². The second-order valence-corrected chi connectivity index (χ2v) is 5.57. The molecule has 2 aromatic carbocycles. The topological polar surface area (TPSA) is 70.2 Å². The van der Waals surface area contributed by atoms with Crippen LogP contribution < -0.4 is 10.3 Å². The average Bonchev–Trinajstić information content (AvgIpc) is 2.96. The van der Waals surface area contributed by atoms with Crippen molar-refractivity contribution in [3.8, 4) is 5.69 Å². The molecule has 1 aromatic heterocycles. The monoisotopic (exact) mass is 324 g/mol. The minimum absolute atomic E-state index is 0.133. The zero-order chi connectivity index (χ0) is 17.1. The number of aromatic amines is 1. The average molecular weight is 324 g/mol. The summed E-state index contributed by atoms with van der Waals surface area (Å²) in [6.45, 7) is 2.02. The van der Waals surface area contributed by atoms with Crippen LogP contribution in [0.3, 0.4) is 0 Å². The summed E-state index contributed by atoms with van der Waals surface area (Å²) in [6.07, 6.45) is 0. The van der Waals surface area contributed by atoms with Crippen molar-refractivity contribution in [2.45, 2.75) is 13.5 Å². The van der Waals surface area contributed by atoms with Gasteiger partial charge in [-0.2, -0.15) is 0 Å². The molecule has 1 heterocycles. The first-order chi connectivity index (χ1) is 11.6. The minimum Gasteiger partial charge on any atom is -0.331 e. The number of para-hydroxylation sites is 1. The molecule has 0 radical (unpaired) electrons. The Kier molecular flexibility index (Phi) is 4.29. The lowest BCUT2D eigenvalue weighted by atomic mass is 10.1. The van der Waals surface area contributed by atoms with Crippen molar-refractivity contribution in [2.75, 3.05) is 7.05 Å². The number of benzene rings is 2. The summed E-state index contributed by atoms with van der Waals surface area (Å²) >= 11 is 0. The van der Waals surface area contributed by atoms with Gasteiger partial charge in [0.15, 0.2) is 0 Å². The molecule has 0 fully saturated rings. The van der Waals surface area contributed by atoms with Gasteiger partial charge in [-0.1, -0.05) is 36.4 Å². The number of amides is 1. The number of H-pyrrole nitrogens is 1. The van der Waals surface area contributed by atoms with Crippen LogP contribution in [0.5, 0.6) is 0 Å². The fourth-order valence-corrected chi connectivity index (χ4v) is 2.53. The van der Waals surface area contributed by atoms with E-state index in [9.17, 15) is 9.59 Å². The fourth-order valence-electron chi connectivity index (χ4n) is 2.53. The lowest BCUT2D eigenvalue weighted by molar-refractivity contribution is -0.678. The van der Waals surface area contributed by atoms with E-state index in [1.54, 1.807) is 17.8 Å². The molecule has 122 valence electrons. The first-order valence-corrected chi connectivity index (χ1v) is 7.57. The van der Waals surface area contributed by atoms with Crippen molar-refractivity contribution < 1.29 is 14.0 Å². The van der Waals surface area contributed by atoms with E-state index in [4.69, 9.17) is 4.52 Å². The van der Waals surface area contributed by atoms with Crippen LogP contribution in [-0.2, 0) is 6.54 Å². The van der Waals surface area contributed by atoms with E-state index in [0.29, 0.717) is 11.3 Å². The van der Waals surface area contributed by atoms with Gasteiger partial charge in [-0.3, -0.25) is 9.32 Å². The molecule has 0 aliphatic carbocycles. The molecule has 0 saturated heterocycles. The van der Waals surface area contributed by atoms with Crippen LogP contribution in [0.1, 0.15) is 21.6 Å². The molecule has 0 saturated carbocycles. The summed E-state index contributed by atoms with van der Waals surface area (Å²) in [4.78, 5) is 26.1. The highest BCUT2D eigenvalue weighted by atomic mass is 16.5. The maximum atomic E-state index is 12.6. The van der Waals surface area contributed by atoms with Crippen LogP contribution in [-0.4, -0.2) is 23.1 Å². The van der Waals surface area contributed by atoms with Crippen molar-refractivity contribution in [3.63, 3.8) is 0 Å². The molecule has 0 unspecified atom stereocenters.